The van der Waals surface area contributed by atoms with Crippen LogP contribution < -0.4 is 15.4 Å². The maximum Gasteiger partial charge on any atom is 0.248 e. The predicted molar refractivity (Wildman–Crippen MR) is 280 cm³/mol. The number of benzene rings is 3. The highest BCUT2D eigenvalue weighted by Crippen LogP contribution is 2.40. The number of aryl methyl sites for hydroxylation is 3. The summed E-state index contributed by atoms with van der Waals surface area (Å²) in [6.07, 6.45) is 3.32. The minimum absolute atomic E-state index is 0.00256. The third kappa shape index (κ3) is 10.1. The monoisotopic (exact) mass is 1040 g/mol. The second-order valence-electron chi connectivity index (χ2n) is 19.7. The smallest absolute Gasteiger partial charge is 0.248 e. The molecular weight excluding hydrogens is 987 g/mol. The summed E-state index contributed by atoms with van der Waals surface area (Å²) >= 11 is 9.50. The van der Waals surface area contributed by atoms with E-state index < -0.39 is 30.0 Å². The van der Waals surface area contributed by atoms with Crippen molar-refractivity contribution in [3.8, 4) is 32.3 Å². The summed E-state index contributed by atoms with van der Waals surface area (Å²) in [6, 6.07) is 17.1. The van der Waals surface area contributed by atoms with Crippen LogP contribution in [0, 0.1) is 39.4 Å². The molecule has 3 aromatic carbocycles. The average Bonchev–Trinajstić information content (AvgIpc) is 4.19. The van der Waals surface area contributed by atoms with Gasteiger partial charge in [-0.3, -0.25) is 28.6 Å². The van der Waals surface area contributed by atoms with Crippen LogP contribution in [0.1, 0.15) is 109 Å². The second-order valence-corrected chi connectivity index (χ2v) is 22.2. The number of amides is 3. The summed E-state index contributed by atoms with van der Waals surface area (Å²) in [4.78, 5) is 55.3. The zero-order valence-corrected chi connectivity index (χ0v) is 43.9. The third-order valence-corrected chi connectivity index (χ3v) is 16.5. The molecule has 1 saturated heterocycles. The average molecular weight is 1040 g/mol. The Morgan fingerprint density at radius 1 is 0.932 bits per heavy atom. The first kappa shape index (κ1) is 50.0. The van der Waals surface area contributed by atoms with Crippen molar-refractivity contribution in [2.75, 3.05) is 6.54 Å². The molecular formula is C54H56ClFN10O5S2. The van der Waals surface area contributed by atoms with Crippen LogP contribution in [0.3, 0.4) is 0 Å². The minimum atomic E-state index is -0.886. The third-order valence-electron chi connectivity index (χ3n) is 14.1. The Balaban J connectivity index is 0.774. The van der Waals surface area contributed by atoms with E-state index in [2.05, 4.69) is 44.8 Å². The van der Waals surface area contributed by atoms with Gasteiger partial charge in [0.15, 0.2) is 5.82 Å². The molecule has 3 aliphatic rings. The van der Waals surface area contributed by atoms with Gasteiger partial charge in [0.25, 0.3) is 0 Å². The van der Waals surface area contributed by atoms with Gasteiger partial charge in [0.2, 0.25) is 17.7 Å². The van der Waals surface area contributed by atoms with Crippen molar-refractivity contribution >= 4 is 57.7 Å². The van der Waals surface area contributed by atoms with E-state index in [0.29, 0.717) is 46.4 Å². The van der Waals surface area contributed by atoms with Gasteiger partial charge in [0, 0.05) is 70.7 Å². The fourth-order valence-corrected chi connectivity index (χ4v) is 12.2. The fraction of sp³-hybridized carbons (Fsp3) is 0.370. The highest BCUT2D eigenvalue weighted by Gasteiger charge is 2.43. The van der Waals surface area contributed by atoms with Crippen molar-refractivity contribution in [1.29, 1.82) is 0 Å². The number of aliphatic imine (C=N–C) groups is 1. The van der Waals surface area contributed by atoms with Gasteiger partial charge in [-0.1, -0.05) is 61.8 Å². The van der Waals surface area contributed by atoms with Crippen LogP contribution in [0.5, 0.6) is 5.75 Å². The van der Waals surface area contributed by atoms with Gasteiger partial charge in [0.05, 0.1) is 46.6 Å². The summed E-state index contributed by atoms with van der Waals surface area (Å²) in [6.45, 7) is 13.7. The zero-order chi connectivity index (χ0) is 51.4. The number of hydrogen-bond acceptors (Lipinski definition) is 12. The molecule has 6 heterocycles. The lowest BCUT2D eigenvalue weighted by molar-refractivity contribution is -0.142. The van der Waals surface area contributed by atoms with Crippen LogP contribution in [0.25, 0.3) is 26.6 Å². The number of rotatable bonds is 14. The van der Waals surface area contributed by atoms with E-state index in [1.54, 1.807) is 45.8 Å². The molecule has 0 bridgehead atoms. The van der Waals surface area contributed by atoms with Crippen LogP contribution in [0.4, 0.5) is 4.39 Å². The molecule has 378 valence electrons. The number of carbonyl (C=O) groups excluding carboxylic acids is 3. The molecule has 1 aliphatic carbocycles. The van der Waals surface area contributed by atoms with Crippen LogP contribution >= 0.6 is 34.3 Å². The topological polar surface area (TPSA) is 182 Å². The summed E-state index contributed by atoms with van der Waals surface area (Å²) in [5.74, 6) is -0.0168. The normalized spacial score (nSPS) is 20.1. The molecule has 1 saturated carbocycles. The first-order valence-electron chi connectivity index (χ1n) is 24.5. The number of aromatic nitrogens is 6. The number of thiophene rings is 1. The number of likely N-dealkylation sites (tertiary alicyclic amines) is 1. The molecule has 2 fully saturated rings. The summed E-state index contributed by atoms with van der Waals surface area (Å²) in [7, 11) is 0. The maximum absolute atomic E-state index is 15.3. The number of ether oxygens (including phenoxy) is 1. The number of aliphatic hydroxyl groups excluding tert-OH is 1. The lowest BCUT2D eigenvalue weighted by Gasteiger charge is -2.36. The molecule has 0 spiro atoms. The summed E-state index contributed by atoms with van der Waals surface area (Å²) < 4.78 is 25.1. The number of thiazole rings is 1. The zero-order valence-electron chi connectivity index (χ0n) is 41.5. The molecule has 2 aliphatic heterocycles. The Hall–Kier alpha value is -6.60. The lowest BCUT2D eigenvalue weighted by atomic mass is 9.89. The van der Waals surface area contributed by atoms with Crippen molar-refractivity contribution in [3.05, 3.63) is 140 Å². The van der Waals surface area contributed by atoms with Crippen LogP contribution in [0.2, 0.25) is 5.02 Å². The van der Waals surface area contributed by atoms with Gasteiger partial charge < -0.3 is 25.4 Å². The van der Waals surface area contributed by atoms with E-state index in [1.807, 2.05) is 93.2 Å². The first-order valence-corrected chi connectivity index (χ1v) is 26.5. The fourth-order valence-electron chi connectivity index (χ4n) is 10.1. The highest BCUT2D eigenvalue weighted by atomic mass is 35.5. The Morgan fingerprint density at radius 3 is 2.38 bits per heavy atom. The number of nitrogens with zero attached hydrogens (tertiary/aromatic N) is 8. The van der Waals surface area contributed by atoms with Crippen molar-refractivity contribution in [1.82, 2.24) is 45.1 Å². The van der Waals surface area contributed by atoms with Crippen molar-refractivity contribution in [2.45, 2.75) is 117 Å². The first-order chi connectivity index (χ1) is 35.0. The van der Waals surface area contributed by atoms with E-state index in [4.69, 9.17) is 21.3 Å². The molecule has 19 heteroatoms. The number of nitrogens with one attached hydrogen (secondary N) is 2. The Kier molecular flexibility index (Phi) is 13.9. The number of fused-ring (bicyclic) bond motifs is 3. The van der Waals surface area contributed by atoms with Gasteiger partial charge >= 0.3 is 0 Å². The molecule has 3 amide bonds. The lowest BCUT2D eigenvalue weighted by Crippen LogP contribution is -2.49. The van der Waals surface area contributed by atoms with E-state index in [9.17, 15) is 19.5 Å². The SMILES string of the molecule is Cc1ncsc1-c1ccc([C@H](C)NC(=O)[C@@H]2C[C@@H](O)CN2C(=O)[C@H](C(C)C)n2cc(-c3cc(F)cc(O[C@H]4C[C@H](NC(=O)C[C@@H]5N=C(c6ccc(Cl)cc6)c6c(sc(C)c6C)-n6c(C)nnc65)C4)c3)cn2)cc1. The van der Waals surface area contributed by atoms with E-state index in [-0.39, 0.29) is 61.2 Å². The second kappa shape index (κ2) is 20.4. The predicted octanol–water partition coefficient (Wildman–Crippen LogP) is 9.39. The molecule has 3 N–H and O–H groups in total. The van der Waals surface area contributed by atoms with Gasteiger partial charge in [-0.15, -0.1) is 32.9 Å². The molecule has 15 nitrogen and oxygen atoms in total. The van der Waals surface area contributed by atoms with Gasteiger partial charge in [-0.25, -0.2) is 9.37 Å². The molecule has 0 unspecified atom stereocenters. The number of aliphatic hydroxyl groups is 1. The van der Waals surface area contributed by atoms with Crippen LogP contribution in [-0.2, 0) is 14.4 Å². The van der Waals surface area contributed by atoms with E-state index in [0.717, 1.165) is 54.0 Å². The number of β-amino-alcohol motifs (C(OH)–C–C–N with tert-alkyl or cyclic N) is 1. The van der Waals surface area contributed by atoms with Crippen molar-refractivity contribution < 1.29 is 28.6 Å². The van der Waals surface area contributed by atoms with Crippen molar-refractivity contribution in [3.63, 3.8) is 0 Å². The quantitative estimate of drug-likeness (QED) is 0.0956. The van der Waals surface area contributed by atoms with Crippen LogP contribution in [-0.4, -0.2) is 93.8 Å². The van der Waals surface area contributed by atoms with E-state index >= 15 is 4.39 Å². The number of hydrogen-bond donors (Lipinski definition) is 3. The van der Waals surface area contributed by atoms with Gasteiger partial charge in [-0.05, 0) is 87.1 Å². The molecule has 10 rings (SSSR count). The Morgan fingerprint density at radius 2 is 1.67 bits per heavy atom. The van der Waals surface area contributed by atoms with Crippen molar-refractivity contribution in [2.24, 2.45) is 10.9 Å². The van der Waals surface area contributed by atoms with Gasteiger partial charge in [0.1, 0.15) is 46.6 Å². The standard InChI is InChI=1S/C54H56ClFN10O5S2/c1-27(2)49(53(70)64-25-41(67)21-45(64)52(69)59-29(4)33-8-10-35(11-9-33)50-30(5)57-26-72-50)65-24-37(23-58-65)36-16-39(56)18-42(17-36)71-43-19-40(20-43)60-46(68)22-44-51-63-62-32(7)66(51)54-47(28(3)31(6)73-54)48(61-44)34-12-14-38(55)15-13-34/h8-18,23-24,26-27,29,40-41,43-45,49,67H,19-22,25H2,1-7H3,(H,59,69)(H,60,68)/t29-,40-,41+,43-,44-,45-,49-/m0/s1. The van der Waals surface area contributed by atoms with Gasteiger partial charge in [-0.2, -0.15) is 5.10 Å². The molecule has 0 radical (unpaired) electrons. The van der Waals surface area contributed by atoms with Crippen LogP contribution in [0.15, 0.2) is 89.6 Å². The highest BCUT2D eigenvalue weighted by molar-refractivity contribution is 7.15. The number of carbonyl (C=O) groups is 3. The maximum atomic E-state index is 15.3. The Bertz CT molecular complexity index is 3250. The Labute approximate surface area is 435 Å². The molecule has 7 aromatic rings. The molecule has 5 atom stereocenters. The minimum Gasteiger partial charge on any atom is -0.490 e. The number of halogens is 2. The molecule has 4 aromatic heterocycles. The summed E-state index contributed by atoms with van der Waals surface area (Å²) in [5, 5.41) is 32.1. The largest absolute Gasteiger partial charge is 0.490 e. The summed E-state index contributed by atoms with van der Waals surface area (Å²) in [5.41, 5.74) is 9.55. The molecule has 73 heavy (non-hydrogen) atoms. The van der Waals surface area contributed by atoms with E-state index in [1.165, 1.54) is 17.0 Å².